The minimum absolute atomic E-state index is 0.237. The topological polar surface area (TPSA) is 97.7 Å². The predicted octanol–water partition coefficient (Wildman–Crippen LogP) is 1.15. The highest BCUT2D eigenvalue weighted by Crippen LogP contribution is 2.22. The van der Waals surface area contributed by atoms with Gasteiger partial charge in [-0.15, -0.1) is 0 Å². The van der Waals surface area contributed by atoms with E-state index in [-0.39, 0.29) is 17.8 Å². The molecule has 0 aliphatic carbocycles. The van der Waals surface area contributed by atoms with Gasteiger partial charge in [0.05, 0.1) is 26.4 Å². The molecule has 31 heavy (non-hydrogen) atoms. The van der Waals surface area contributed by atoms with Gasteiger partial charge in [0.2, 0.25) is 0 Å². The Morgan fingerprint density at radius 2 is 2.06 bits per heavy atom. The normalized spacial score (nSPS) is 20.3. The van der Waals surface area contributed by atoms with Gasteiger partial charge in [-0.1, -0.05) is 12.1 Å². The van der Waals surface area contributed by atoms with Gasteiger partial charge in [-0.2, -0.15) is 0 Å². The molecule has 9 heteroatoms. The average Bonchev–Trinajstić information content (AvgIpc) is 3.31. The third-order valence-corrected chi connectivity index (χ3v) is 5.82. The van der Waals surface area contributed by atoms with E-state index in [2.05, 4.69) is 20.5 Å². The molecule has 2 saturated heterocycles. The quantitative estimate of drug-likeness (QED) is 0.688. The monoisotopic (exact) mass is 427 g/mol. The molecule has 2 N–H and O–H groups in total. The zero-order chi connectivity index (χ0) is 21.5. The van der Waals surface area contributed by atoms with Crippen molar-refractivity contribution in [2.24, 2.45) is 5.92 Å². The van der Waals surface area contributed by atoms with Crippen LogP contribution in [0.25, 0.3) is 0 Å². The summed E-state index contributed by atoms with van der Waals surface area (Å²) in [5.41, 5.74) is 1.28. The Labute approximate surface area is 181 Å². The van der Waals surface area contributed by atoms with Crippen molar-refractivity contribution in [1.82, 2.24) is 19.8 Å². The number of benzene rings is 1. The van der Waals surface area contributed by atoms with Crippen molar-refractivity contribution in [3.8, 4) is 0 Å². The molecule has 0 spiro atoms. The molecular formula is C22H29N5O4. The maximum absolute atomic E-state index is 12.6. The number of hydrogen-bond donors (Lipinski definition) is 2. The van der Waals surface area contributed by atoms with E-state index in [1.165, 1.54) is 10.8 Å². The Bertz CT molecular complexity index is 922. The molecule has 2 aliphatic rings. The summed E-state index contributed by atoms with van der Waals surface area (Å²) in [6.45, 7) is 5.67. The van der Waals surface area contributed by atoms with Crippen LogP contribution in [0.1, 0.15) is 12.0 Å². The van der Waals surface area contributed by atoms with E-state index in [0.29, 0.717) is 24.7 Å². The second-order valence-corrected chi connectivity index (χ2v) is 7.90. The van der Waals surface area contributed by atoms with Crippen LogP contribution in [-0.2, 0) is 16.0 Å². The number of ether oxygens (including phenoxy) is 2. The SMILES string of the molecule is O=C(NC[C@H]([C@H]1CCOC1)N1CCOCC1)Nc1cccc(Cn2cccnc2=O)c1. The number of nitrogens with one attached hydrogen (secondary N) is 2. The Morgan fingerprint density at radius 1 is 1.19 bits per heavy atom. The van der Waals surface area contributed by atoms with Crippen LogP contribution in [-0.4, -0.2) is 72.6 Å². The molecule has 0 radical (unpaired) electrons. The lowest BCUT2D eigenvalue weighted by atomic mass is 9.97. The second kappa shape index (κ2) is 10.5. The first kappa shape index (κ1) is 21.5. The molecule has 1 aromatic heterocycles. The van der Waals surface area contributed by atoms with Gasteiger partial charge >= 0.3 is 11.7 Å². The van der Waals surface area contributed by atoms with Crippen molar-refractivity contribution in [3.63, 3.8) is 0 Å². The number of rotatable bonds is 7. The molecule has 2 amide bonds. The van der Waals surface area contributed by atoms with E-state index >= 15 is 0 Å². The van der Waals surface area contributed by atoms with Crippen LogP contribution in [0, 0.1) is 5.92 Å². The van der Waals surface area contributed by atoms with Crippen LogP contribution in [0.2, 0.25) is 0 Å². The highest BCUT2D eigenvalue weighted by Gasteiger charge is 2.31. The van der Waals surface area contributed by atoms with E-state index in [0.717, 1.165) is 51.5 Å². The van der Waals surface area contributed by atoms with E-state index in [9.17, 15) is 9.59 Å². The average molecular weight is 428 g/mol. The number of carbonyl (C=O) groups is 1. The van der Waals surface area contributed by atoms with Crippen molar-refractivity contribution < 1.29 is 14.3 Å². The Hall–Kier alpha value is -2.75. The van der Waals surface area contributed by atoms with Crippen LogP contribution in [0.15, 0.2) is 47.5 Å². The number of urea groups is 1. The molecule has 0 saturated carbocycles. The first-order chi connectivity index (χ1) is 15.2. The van der Waals surface area contributed by atoms with Gasteiger partial charge in [0.15, 0.2) is 0 Å². The minimum atomic E-state index is -0.302. The molecule has 3 heterocycles. The summed E-state index contributed by atoms with van der Waals surface area (Å²) in [7, 11) is 0. The van der Waals surface area contributed by atoms with Gasteiger partial charge in [0.25, 0.3) is 0 Å². The third kappa shape index (κ3) is 5.90. The summed E-state index contributed by atoms with van der Waals surface area (Å²) in [6.07, 6.45) is 4.19. The Morgan fingerprint density at radius 3 is 2.84 bits per heavy atom. The summed E-state index contributed by atoms with van der Waals surface area (Å²) in [5, 5.41) is 5.93. The third-order valence-electron chi connectivity index (χ3n) is 5.82. The summed E-state index contributed by atoms with van der Waals surface area (Å²) in [4.78, 5) is 30.6. The van der Waals surface area contributed by atoms with E-state index in [1.807, 2.05) is 24.3 Å². The van der Waals surface area contributed by atoms with Gasteiger partial charge in [-0.25, -0.2) is 14.6 Å². The van der Waals surface area contributed by atoms with Crippen molar-refractivity contribution >= 4 is 11.7 Å². The fourth-order valence-electron chi connectivity index (χ4n) is 4.18. The molecule has 2 aliphatic heterocycles. The lowest BCUT2D eigenvalue weighted by Gasteiger charge is -2.37. The molecule has 2 atom stereocenters. The number of nitrogens with zero attached hydrogens (tertiary/aromatic N) is 3. The fourth-order valence-corrected chi connectivity index (χ4v) is 4.18. The zero-order valence-electron chi connectivity index (χ0n) is 17.5. The first-order valence-corrected chi connectivity index (χ1v) is 10.7. The van der Waals surface area contributed by atoms with Gasteiger partial charge < -0.3 is 20.1 Å². The Kier molecular flexibility index (Phi) is 7.29. The number of amides is 2. The first-order valence-electron chi connectivity index (χ1n) is 10.7. The smallest absolute Gasteiger partial charge is 0.347 e. The standard InChI is InChI=1S/C22H29N5O4/c28-21(24-14-20(18-5-10-31-16-18)26-8-11-30-12-9-26)25-19-4-1-3-17(13-19)15-27-7-2-6-23-22(27)29/h1-4,6-7,13,18,20H,5,8-12,14-16H2,(H2,24,25,28)/t18-,20+/m0/s1. The lowest BCUT2D eigenvalue weighted by Crippen LogP contribution is -2.52. The van der Waals surface area contributed by atoms with Crippen LogP contribution >= 0.6 is 0 Å². The van der Waals surface area contributed by atoms with Gasteiger partial charge in [0.1, 0.15) is 0 Å². The predicted molar refractivity (Wildman–Crippen MR) is 116 cm³/mol. The van der Waals surface area contributed by atoms with Gasteiger partial charge in [-0.3, -0.25) is 9.47 Å². The molecular weight excluding hydrogens is 398 g/mol. The number of anilines is 1. The van der Waals surface area contributed by atoms with Gasteiger partial charge in [0, 0.05) is 56.3 Å². The maximum atomic E-state index is 12.6. The summed E-state index contributed by atoms with van der Waals surface area (Å²) in [5.74, 6) is 0.416. The number of carbonyl (C=O) groups excluding carboxylic acids is 1. The minimum Gasteiger partial charge on any atom is -0.381 e. The highest BCUT2D eigenvalue weighted by atomic mass is 16.5. The van der Waals surface area contributed by atoms with Crippen molar-refractivity contribution in [2.75, 3.05) is 51.4 Å². The molecule has 166 valence electrons. The van der Waals surface area contributed by atoms with E-state index in [4.69, 9.17) is 9.47 Å². The van der Waals surface area contributed by atoms with Crippen molar-refractivity contribution in [2.45, 2.75) is 19.0 Å². The van der Waals surface area contributed by atoms with E-state index in [1.54, 1.807) is 12.3 Å². The van der Waals surface area contributed by atoms with Crippen LogP contribution < -0.4 is 16.3 Å². The highest BCUT2D eigenvalue weighted by molar-refractivity contribution is 5.89. The van der Waals surface area contributed by atoms with Crippen LogP contribution in [0.4, 0.5) is 10.5 Å². The summed E-state index contributed by atoms with van der Waals surface area (Å²) >= 11 is 0. The summed E-state index contributed by atoms with van der Waals surface area (Å²) in [6, 6.07) is 9.18. The van der Waals surface area contributed by atoms with Crippen LogP contribution in [0.5, 0.6) is 0 Å². The number of hydrogen-bond acceptors (Lipinski definition) is 6. The Balaban J connectivity index is 1.34. The molecule has 1 aromatic carbocycles. The molecule has 2 fully saturated rings. The summed E-state index contributed by atoms with van der Waals surface area (Å²) < 4.78 is 12.6. The van der Waals surface area contributed by atoms with Crippen molar-refractivity contribution in [3.05, 3.63) is 58.8 Å². The number of morpholine rings is 1. The lowest BCUT2D eigenvalue weighted by molar-refractivity contribution is 0.00222. The molecule has 4 rings (SSSR count). The van der Waals surface area contributed by atoms with Crippen molar-refractivity contribution in [1.29, 1.82) is 0 Å². The zero-order valence-corrected chi connectivity index (χ0v) is 17.5. The molecule has 0 unspecified atom stereocenters. The van der Waals surface area contributed by atoms with E-state index < -0.39 is 0 Å². The maximum Gasteiger partial charge on any atom is 0.347 e. The van der Waals surface area contributed by atoms with Gasteiger partial charge in [-0.05, 0) is 30.2 Å². The second-order valence-electron chi connectivity index (χ2n) is 7.90. The molecule has 0 bridgehead atoms. The largest absolute Gasteiger partial charge is 0.381 e. The van der Waals surface area contributed by atoms with Crippen LogP contribution in [0.3, 0.4) is 0 Å². The number of aromatic nitrogens is 2. The fraction of sp³-hybridized carbons (Fsp3) is 0.500. The molecule has 9 nitrogen and oxygen atoms in total. The molecule has 2 aromatic rings.